The lowest BCUT2D eigenvalue weighted by molar-refractivity contribution is -0.130. The van der Waals surface area contributed by atoms with Crippen molar-refractivity contribution in [2.75, 3.05) is 40.0 Å². The molecular weight excluding hydrogens is 344 g/mol. The van der Waals surface area contributed by atoms with E-state index in [4.69, 9.17) is 9.47 Å². The number of nitrogens with zero attached hydrogens (tertiary/aromatic N) is 3. The standard InChI is InChI=1S/C20H34N4O3/c1-3-24-16-17(14-21-24)15-23-9-6-20(7-10-23,8-13-26-2)22-19(25)18-4-11-27-12-5-18/h14,16,18H,3-13,15H2,1-2H3,(H,22,25). The third-order valence-electron chi connectivity index (χ3n) is 6.00. The first-order valence-corrected chi connectivity index (χ1v) is 10.3. The van der Waals surface area contributed by atoms with Gasteiger partial charge in [-0.3, -0.25) is 14.4 Å². The fourth-order valence-electron chi connectivity index (χ4n) is 4.12. The highest BCUT2D eigenvalue weighted by Gasteiger charge is 2.37. The summed E-state index contributed by atoms with van der Waals surface area (Å²) in [6.45, 7) is 7.96. The van der Waals surface area contributed by atoms with Crippen LogP contribution in [0, 0.1) is 5.92 Å². The van der Waals surface area contributed by atoms with E-state index in [0.29, 0.717) is 19.8 Å². The molecule has 0 aromatic carbocycles. The van der Waals surface area contributed by atoms with E-state index in [1.165, 1.54) is 5.56 Å². The van der Waals surface area contributed by atoms with Gasteiger partial charge in [-0.1, -0.05) is 0 Å². The lowest BCUT2D eigenvalue weighted by Gasteiger charge is -2.43. The van der Waals surface area contributed by atoms with E-state index in [1.54, 1.807) is 7.11 Å². The predicted molar refractivity (Wildman–Crippen MR) is 103 cm³/mol. The molecule has 1 amide bonds. The van der Waals surface area contributed by atoms with Gasteiger partial charge in [-0.25, -0.2) is 0 Å². The van der Waals surface area contributed by atoms with Crippen LogP contribution in [0.4, 0.5) is 0 Å². The second-order valence-corrected chi connectivity index (χ2v) is 7.88. The molecule has 0 radical (unpaired) electrons. The topological polar surface area (TPSA) is 68.6 Å². The maximum absolute atomic E-state index is 12.8. The van der Waals surface area contributed by atoms with Crippen molar-refractivity contribution in [3.05, 3.63) is 18.0 Å². The number of likely N-dealkylation sites (tertiary alicyclic amines) is 1. The second-order valence-electron chi connectivity index (χ2n) is 7.88. The molecule has 152 valence electrons. The lowest BCUT2D eigenvalue weighted by Crippen LogP contribution is -2.57. The van der Waals surface area contributed by atoms with Gasteiger partial charge in [0.2, 0.25) is 5.91 Å². The molecular formula is C20H34N4O3. The van der Waals surface area contributed by atoms with Crippen LogP contribution in [0.15, 0.2) is 12.4 Å². The minimum Gasteiger partial charge on any atom is -0.385 e. The maximum Gasteiger partial charge on any atom is 0.223 e. The number of aryl methyl sites for hydroxylation is 1. The van der Waals surface area contributed by atoms with Gasteiger partial charge in [0.05, 0.1) is 6.20 Å². The van der Waals surface area contributed by atoms with E-state index < -0.39 is 0 Å². The van der Waals surface area contributed by atoms with Crippen molar-refractivity contribution in [3.63, 3.8) is 0 Å². The first kappa shape index (κ1) is 20.3. The van der Waals surface area contributed by atoms with Crippen LogP contribution in [0.1, 0.15) is 44.6 Å². The van der Waals surface area contributed by atoms with Gasteiger partial charge in [0.15, 0.2) is 0 Å². The monoisotopic (exact) mass is 378 g/mol. The summed E-state index contributed by atoms with van der Waals surface area (Å²) in [6, 6.07) is 0. The Labute approximate surface area is 162 Å². The number of hydrogen-bond acceptors (Lipinski definition) is 5. The number of ether oxygens (including phenoxy) is 2. The first-order chi connectivity index (χ1) is 13.1. The molecule has 1 aromatic rings. The molecule has 7 heteroatoms. The van der Waals surface area contributed by atoms with Gasteiger partial charge in [0, 0.05) is 76.3 Å². The molecule has 3 rings (SSSR count). The quantitative estimate of drug-likeness (QED) is 0.747. The molecule has 27 heavy (non-hydrogen) atoms. The Hall–Kier alpha value is -1.44. The zero-order valence-electron chi connectivity index (χ0n) is 16.8. The van der Waals surface area contributed by atoms with Crippen LogP contribution in [-0.4, -0.2) is 66.1 Å². The lowest BCUT2D eigenvalue weighted by atomic mass is 9.83. The smallest absolute Gasteiger partial charge is 0.223 e. The summed E-state index contributed by atoms with van der Waals surface area (Å²) in [5.41, 5.74) is 1.11. The number of aromatic nitrogens is 2. The summed E-state index contributed by atoms with van der Waals surface area (Å²) in [4.78, 5) is 15.3. The van der Waals surface area contributed by atoms with Crippen LogP contribution in [0.25, 0.3) is 0 Å². The summed E-state index contributed by atoms with van der Waals surface area (Å²) in [6.07, 6.45) is 8.56. The van der Waals surface area contributed by atoms with Crippen molar-refractivity contribution >= 4 is 5.91 Å². The van der Waals surface area contributed by atoms with Crippen molar-refractivity contribution < 1.29 is 14.3 Å². The van der Waals surface area contributed by atoms with Gasteiger partial charge in [-0.2, -0.15) is 5.10 Å². The Bertz CT molecular complexity index is 590. The Morgan fingerprint density at radius 2 is 2.11 bits per heavy atom. The minimum atomic E-state index is -0.143. The van der Waals surface area contributed by atoms with Gasteiger partial charge in [-0.05, 0) is 39.0 Å². The zero-order valence-corrected chi connectivity index (χ0v) is 16.8. The molecule has 2 aliphatic rings. The van der Waals surface area contributed by atoms with Crippen molar-refractivity contribution in [2.45, 2.75) is 57.7 Å². The van der Waals surface area contributed by atoms with Crippen molar-refractivity contribution in [1.29, 1.82) is 0 Å². The summed E-state index contributed by atoms with van der Waals surface area (Å²) >= 11 is 0. The molecule has 0 saturated carbocycles. The predicted octanol–water partition coefficient (Wildman–Crippen LogP) is 1.82. The molecule has 1 N–H and O–H groups in total. The molecule has 7 nitrogen and oxygen atoms in total. The molecule has 3 heterocycles. The number of carbonyl (C=O) groups excluding carboxylic acids is 1. The van der Waals surface area contributed by atoms with Crippen LogP contribution in [0.5, 0.6) is 0 Å². The Morgan fingerprint density at radius 1 is 1.37 bits per heavy atom. The summed E-state index contributed by atoms with van der Waals surface area (Å²) in [5, 5.41) is 7.78. The molecule has 1 aromatic heterocycles. The van der Waals surface area contributed by atoms with E-state index >= 15 is 0 Å². The van der Waals surface area contributed by atoms with E-state index in [-0.39, 0.29) is 17.4 Å². The molecule has 2 fully saturated rings. The molecule has 0 aliphatic carbocycles. The molecule has 0 unspecified atom stereocenters. The third kappa shape index (κ3) is 5.53. The van der Waals surface area contributed by atoms with E-state index in [0.717, 1.165) is 58.3 Å². The number of hydrogen-bond donors (Lipinski definition) is 1. The van der Waals surface area contributed by atoms with Crippen molar-refractivity contribution in [2.24, 2.45) is 5.92 Å². The van der Waals surface area contributed by atoms with Gasteiger partial charge in [0.25, 0.3) is 0 Å². The van der Waals surface area contributed by atoms with Gasteiger partial charge in [0.1, 0.15) is 0 Å². The van der Waals surface area contributed by atoms with Gasteiger partial charge >= 0.3 is 0 Å². The largest absolute Gasteiger partial charge is 0.385 e. The fourth-order valence-corrected chi connectivity index (χ4v) is 4.12. The van der Waals surface area contributed by atoms with Gasteiger partial charge < -0.3 is 14.8 Å². The Morgan fingerprint density at radius 3 is 2.74 bits per heavy atom. The first-order valence-electron chi connectivity index (χ1n) is 10.3. The number of amides is 1. The van der Waals surface area contributed by atoms with Crippen LogP contribution in [0.2, 0.25) is 0 Å². The van der Waals surface area contributed by atoms with E-state index in [9.17, 15) is 4.79 Å². The molecule has 0 spiro atoms. The Kier molecular flexibility index (Phi) is 7.26. The van der Waals surface area contributed by atoms with Crippen LogP contribution >= 0.6 is 0 Å². The highest BCUT2D eigenvalue weighted by molar-refractivity contribution is 5.79. The van der Waals surface area contributed by atoms with Crippen molar-refractivity contribution in [1.82, 2.24) is 20.0 Å². The third-order valence-corrected chi connectivity index (χ3v) is 6.00. The number of carbonyl (C=O) groups is 1. The highest BCUT2D eigenvalue weighted by Crippen LogP contribution is 2.28. The number of methoxy groups -OCH3 is 1. The minimum absolute atomic E-state index is 0.0936. The van der Waals surface area contributed by atoms with E-state index in [2.05, 4.69) is 28.4 Å². The molecule has 2 aliphatic heterocycles. The Balaban J connectivity index is 1.56. The summed E-state index contributed by atoms with van der Waals surface area (Å²) in [5.74, 6) is 0.295. The summed E-state index contributed by atoms with van der Waals surface area (Å²) < 4.78 is 12.7. The molecule has 0 atom stereocenters. The molecule has 2 saturated heterocycles. The average molecular weight is 379 g/mol. The summed E-state index contributed by atoms with van der Waals surface area (Å²) in [7, 11) is 1.73. The number of rotatable bonds is 8. The van der Waals surface area contributed by atoms with Gasteiger partial charge in [-0.15, -0.1) is 0 Å². The van der Waals surface area contributed by atoms with Crippen LogP contribution < -0.4 is 5.32 Å². The second kappa shape index (κ2) is 9.66. The SMILES string of the molecule is CCn1cc(CN2CCC(CCOC)(NC(=O)C3CCOCC3)CC2)cn1. The molecule has 0 bridgehead atoms. The number of piperidine rings is 1. The van der Waals surface area contributed by atoms with Crippen molar-refractivity contribution in [3.8, 4) is 0 Å². The zero-order chi connectivity index (χ0) is 19.1. The fraction of sp³-hybridized carbons (Fsp3) is 0.800. The normalized spacial score (nSPS) is 21.3. The number of nitrogens with one attached hydrogen (secondary N) is 1. The average Bonchev–Trinajstić information content (AvgIpc) is 3.16. The highest BCUT2D eigenvalue weighted by atomic mass is 16.5. The maximum atomic E-state index is 12.8. The van der Waals surface area contributed by atoms with Crippen LogP contribution in [0.3, 0.4) is 0 Å². The van der Waals surface area contributed by atoms with Crippen LogP contribution in [-0.2, 0) is 27.4 Å². The van der Waals surface area contributed by atoms with E-state index in [1.807, 2.05) is 10.9 Å².